The first-order valence-corrected chi connectivity index (χ1v) is 10.7. The molecule has 3 heterocycles. The zero-order valence-corrected chi connectivity index (χ0v) is 16.7. The van der Waals surface area contributed by atoms with Gasteiger partial charge in [-0.15, -0.1) is 10.2 Å². The Morgan fingerprint density at radius 2 is 2.07 bits per heavy atom. The van der Waals surface area contributed by atoms with E-state index in [1.807, 2.05) is 17.0 Å². The van der Waals surface area contributed by atoms with Crippen molar-refractivity contribution in [2.45, 2.75) is 31.8 Å². The Balaban J connectivity index is 1.40. The molecule has 1 unspecified atom stereocenters. The molecule has 27 heavy (non-hydrogen) atoms. The first-order valence-electron chi connectivity index (χ1n) is 9.12. The second kappa shape index (κ2) is 6.35. The largest absolute Gasteiger partial charge is 0.771 e. The predicted molar refractivity (Wildman–Crippen MR) is 101 cm³/mol. The van der Waals surface area contributed by atoms with Gasteiger partial charge in [-0.05, 0) is 60.1 Å². The molecule has 0 bridgehead atoms. The summed E-state index contributed by atoms with van der Waals surface area (Å²) >= 11 is 4.23. The highest BCUT2D eigenvalue weighted by Crippen LogP contribution is 2.56. The molecule has 2 aromatic rings. The van der Waals surface area contributed by atoms with Crippen LogP contribution in [0.4, 0.5) is 0 Å². The van der Waals surface area contributed by atoms with Crippen LogP contribution in [0.2, 0.25) is 5.02 Å². The molecule has 1 saturated heterocycles. The van der Waals surface area contributed by atoms with Crippen LogP contribution in [0.25, 0.3) is 5.69 Å². The normalized spacial score (nSPS) is 23.2. The summed E-state index contributed by atoms with van der Waals surface area (Å²) in [6, 6.07) is 6.02. The van der Waals surface area contributed by atoms with E-state index in [0.29, 0.717) is 5.92 Å². The van der Waals surface area contributed by atoms with Crippen LogP contribution in [0.15, 0.2) is 18.2 Å². The molecule has 144 valence electrons. The zero-order valence-electron chi connectivity index (χ0n) is 15.1. The van der Waals surface area contributed by atoms with Gasteiger partial charge in [0.15, 0.2) is 5.82 Å². The predicted octanol–water partition coefficient (Wildman–Crippen LogP) is 1.88. The number of hydrogen-bond acceptors (Lipinski definition) is 6. The van der Waals surface area contributed by atoms with Crippen molar-refractivity contribution in [1.29, 1.82) is 0 Å². The number of likely N-dealkylation sites (tertiary alicyclic amines) is 1. The minimum absolute atomic E-state index is 0.146. The van der Waals surface area contributed by atoms with E-state index in [4.69, 9.17) is 11.6 Å². The van der Waals surface area contributed by atoms with Gasteiger partial charge < -0.3 is 4.55 Å². The van der Waals surface area contributed by atoms with Crippen molar-refractivity contribution < 1.29 is 8.76 Å². The van der Waals surface area contributed by atoms with Gasteiger partial charge in [0.1, 0.15) is 5.82 Å². The molecule has 0 amide bonds. The molecule has 2 fully saturated rings. The molecule has 1 aromatic heterocycles. The van der Waals surface area contributed by atoms with E-state index < -0.39 is 11.1 Å². The molecule has 2 aliphatic heterocycles. The van der Waals surface area contributed by atoms with Gasteiger partial charge in [-0.1, -0.05) is 11.6 Å². The van der Waals surface area contributed by atoms with Crippen molar-refractivity contribution in [3.8, 4) is 5.69 Å². The Bertz CT molecular complexity index is 918. The third kappa shape index (κ3) is 3.03. The van der Waals surface area contributed by atoms with Crippen LogP contribution < -0.4 is 0 Å². The molecular weight excluding hydrogens is 386 g/mol. The SMILES string of the molecule is CN1Cc2cc(Cl)ccc2-n2c(nnc2C2CC3(C2)CN(CS(=O)[O-])C3)C1. The average molecular weight is 407 g/mol. The number of hydrogen-bond donors (Lipinski definition) is 0. The van der Waals surface area contributed by atoms with Crippen LogP contribution in [0.3, 0.4) is 0 Å². The highest BCUT2D eigenvalue weighted by molar-refractivity contribution is 7.79. The average Bonchev–Trinajstić information content (AvgIpc) is 2.85. The molecule has 9 heteroatoms. The van der Waals surface area contributed by atoms with E-state index in [1.54, 1.807) is 0 Å². The van der Waals surface area contributed by atoms with Crippen LogP contribution in [0.1, 0.15) is 36.0 Å². The van der Waals surface area contributed by atoms with Gasteiger partial charge in [0, 0.05) is 30.6 Å². The van der Waals surface area contributed by atoms with Crippen LogP contribution in [0, 0.1) is 5.41 Å². The van der Waals surface area contributed by atoms with Crippen molar-refractivity contribution in [2.24, 2.45) is 5.41 Å². The number of benzene rings is 1. The molecule has 1 saturated carbocycles. The van der Waals surface area contributed by atoms with Crippen LogP contribution in [0.5, 0.6) is 0 Å². The highest BCUT2D eigenvalue weighted by Gasteiger charge is 2.53. The lowest BCUT2D eigenvalue weighted by atomic mass is 9.57. The molecule has 1 atom stereocenters. The summed E-state index contributed by atoms with van der Waals surface area (Å²) in [5.74, 6) is 2.51. The van der Waals surface area contributed by atoms with Gasteiger partial charge in [0.25, 0.3) is 0 Å². The Kier molecular flexibility index (Phi) is 4.18. The molecule has 1 aromatic carbocycles. The summed E-state index contributed by atoms with van der Waals surface area (Å²) in [5.41, 5.74) is 2.57. The molecule has 1 aliphatic carbocycles. The van der Waals surface area contributed by atoms with Gasteiger partial charge in [0.2, 0.25) is 0 Å². The van der Waals surface area contributed by atoms with Gasteiger partial charge in [0.05, 0.1) is 18.1 Å². The second-order valence-electron chi connectivity index (χ2n) is 8.28. The Labute approximate surface area is 165 Å². The van der Waals surface area contributed by atoms with Crippen LogP contribution in [-0.2, 0) is 24.2 Å². The lowest BCUT2D eigenvalue weighted by Gasteiger charge is -2.59. The standard InChI is InChI=1S/C18H22ClN5O2S/c1-22-7-12-4-14(19)2-3-15(12)24-16(8-22)20-21-17(24)13-5-18(6-13)9-23(10-18)11-27(25)26/h2-4,13H,5-11H2,1H3,(H,25,26)/p-1. The Morgan fingerprint density at radius 1 is 1.30 bits per heavy atom. The summed E-state index contributed by atoms with van der Waals surface area (Å²) in [7, 11) is 2.08. The maximum Gasteiger partial charge on any atom is 0.151 e. The lowest BCUT2D eigenvalue weighted by molar-refractivity contribution is -0.0652. The topological polar surface area (TPSA) is 77.3 Å². The van der Waals surface area contributed by atoms with Crippen molar-refractivity contribution in [2.75, 3.05) is 26.0 Å². The first-order chi connectivity index (χ1) is 12.9. The fourth-order valence-electron chi connectivity index (χ4n) is 5.02. The fraction of sp³-hybridized carbons (Fsp3) is 0.556. The Hall–Kier alpha value is -1.32. The number of aromatic nitrogens is 3. The molecule has 7 nitrogen and oxygen atoms in total. The minimum Gasteiger partial charge on any atom is -0.771 e. The van der Waals surface area contributed by atoms with Crippen molar-refractivity contribution >= 4 is 22.7 Å². The first kappa shape index (κ1) is 17.8. The minimum atomic E-state index is -1.99. The summed E-state index contributed by atoms with van der Waals surface area (Å²) in [6.07, 6.45) is 2.10. The van der Waals surface area contributed by atoms with Gasteiger partial charge >= 0.3 is 0 Å². The fourth-order valence-corrected chi connectivity index (χ4v) is 5.69. The number of rotatable bonds is 3. The van der Waals surface area contributed by atoms with E-state index in [9.17, 15) is 8.76 Å². The molecular formula is C18H21ClN5O2S-. The lowest BCUT2D eigenvalue weighted by Crippen LogP contribution is -2.62. The summed E-state index contributed by atoms with van der Waals surface area (Å²) in [4.78, 5) is 4.22. The molecule has 1 spiro atoms. The third-order valence-corrected chi connectivity index (χ3v) is 6.83. The maximum atomic E-state index is 10.9. The summed E-state index contributed by atoms with van der Waals surface area (Å²) in [6.45, 7) is 3.32. The van der Waals surface area contributed by atoms with E-state index in [1.165, 1.54) is 5.56 Å². The monoisotopic (exact) mass is 406 g/mol. The van der Waals surface area contributed by atoms with E-state index in [0.717, 1.165) is 61.4 Å². The Morgan fingerprint density at radius 3 is 2.81 bits per heavy atom. The van der Waals surface area contributed by atoms with Gasteiger partial charge in [-0.25, -0.2) is 0 Å². The van der Waals surface area contributed by atoms with Crippen LogP contribution in [-0.4, -0.2) is 59.3 Å². The second-order valence-corrected chi connectivity index (χ2v) is 9.58. The van der Waals surface area contributed by atoms with Crippen molar-refractivity contribution in [3.63, 3.8) is 0 Å². The summed E-state index contributed by atoms with van der Waals surface area (Å²) in [5, 5.41) is 9.78. The van der Waals surface area contributed by atoms with E-state index in [-0.39, 0.29) is 11.3 Å². The number of halogens is 1. The quantitative estimate of drug-likeness (QED) is 0.724. The number of nitrogens with zero attached hydrogens (tertiary/aromatic N) is 5. The smallest absolute Gasteiger partial charge is 0.151 e. The third-order valence-electron chi connectivity index (χ3n) is 6.02. The van der Waals surface area contributed by atoms with E-state index in [2.05, 4.69) is 32.8 Å². The van der Waals surface area contributed by atoms with E-state index >= 15 is 0 Å². The van der Waals surface area contributed by atoms with Crippen molar-refractivity contribution in [3.05, 3.63) is 40.4 Å². The van der Waals surface area contributed by atoms with Gasteiger partial charge in [-0.3, -0.25) is 18.6 Å². The summed E-state index contributed by atoms with van der Waals surface area (Å²) < 4.78 is 23.9. The van der Waals surface area contributed by atoms with Crippen molar-refractivity contribution in [1.82, 2.24) is 24.6 Å². The molecule has 0 N–H and O–H groups in total. The zero-order chi connectivity index (χ0) is 18.8. The maximum absolute atomic E-state index is 10.9. The molecule has 0 radical (unpaired) electrons. The van der Waals surface area contributed by atoms with Gasteiger partial charge in [-0.2, -0.15) is 0 Å². The molecule has 5 rings (SSSR count). The highest BCUT2D eigenvalue weighted by atomic mass is 35.5. The van der Waals surface area contributed by atoms with Crippen LogP contribution >= 0.6 is 11.6 Å². The molecule has 3 aliphatic rings. The number of fused-ring (bicyclic) bond motifs is 3.